The molecule has 1 fully saturated rings. The van der Waals surface area contributed by atoms with Crippen LogP contribution < -0.4 is 0 Å². The lowest BCUT2D eigenvalue weighted by molar-refractivity contribution is -0.104. The first kappa shape index (κ1) is 14.0. The number of allylic oxidation sites excluding steroid dienone is 1. The van der Waals surface area contributed by atoms with E-state index in [1.807, 2.05) is 58.0 Å². The van der Waals surface area contributed by atoms with Crippen LogP contribution in [0.25, 0.3) is 6.08 Å². The van der Waals surface area contributed by atoms with Crippen molar-refractivity contribution in [2.45, 2.75) is 38.9 Å². The van der Waals surface area contributed by atoms with Crippen LogP contribution in [0, 0.1) is 0 Å². The SMILES string of the molecule is CC1(C)OB(/C(C=O)=C/c2ccccc2)OC1(C)C. The van der Waals surface area contributed by atoms with Crippen LogP contribution in [0.3, 0.4) is 0 Å². The van der Waals surface area contributed by atoms with Crippen LogP contribution in [0.2, 0.25) is 0 Å². The summed E-state index contributed by atoms with van der Waals surface area (Å²) in [7, 11) is -0.609. The summed E-state index contributed by atoms with van der Waals surface area (Å²) in [4.78, 5) is 11.3. The van der Waals surface area contributed by atoms with E-state index in [1.54, 1.807) is 6.08 Å². The molecule has 1 heterocycles. The van der Waals surface area contributed by atoms with Crippen LogP contribution in [-0.4, -0.2) is 24.6 Å². The summed E-state index contributed by atoms with van der Waals surface area (Å²) in [5.74, 6) is 0. The Morgan fingerprint density at radius 2 is 1.58 bits per heavy atom. The summed E-state index contributed by atoms with van der Waals surface area (Å²) in [5, 5.41) is 0. The van der Waals surface area contributed by atoms with Gasteiger partial charge in [-0.15, -0.1) is 0 Å². The molecule has 0 radical (unpaired) electrons. The van der Waals surface area contributed by atoms with E-state index < -0.39 is 18.3 Å². The molecule has 2 rings (SSSR count). The third-order valence-electron chi connectivity index (χ3n) is 3.79. The molecule has 1 saturated heterocycles. The molecule has 0 spiro atoms. The predicted octanol–water partition coefficient (Wildman–Crippen LogP) is 2.90. The normalized spacial score (nSPS) is 21.5. The highest BCUT2D eigenvalue weighted by molar-refractivity contribution is 6.61. The summed E-state index contributed by atoms with van der Waals surface area (Å²) in [5.41, 5.74) is 0.594. The van der Waals surface area contributed by atoms with Gasteiger partial charge in [0.1, 0.15) is 6.29 Å². The molecular weight excluding hydrogens is 239 g/mol. The molecule has 0 atom stereocenters. The van der Waals surface area contributed by atoms with Crippen molar-refractivity contribution in [3.05, 3.63) is 41.4 Å². The Morgan fingerprint density at radius 3 is 2.05 bits per heavy atom. The molecule has 0 saturated carbocycles. The number of rotatable bonds is 3. The van der Waals surface area contributed by atoms with Gasteiger partial charge in [-0.2, -0.15) is 0 Å². The minimum absolute atomic E-state index is 0.434. The van der Waals surface area contributed by atoms with Gasteiger partial charge in [0.05, 0.1) is 11.2 Å². The molecule has 0 bridgehead atoms. The fraction of sp³-hybridized carbons (Fsp3) is 0.400. The first-order valence-corrected chi connectivity index (χ1v) is 6.43. The Hall–Kier alpha value is -1.39. The molecule has 0 aliphatic carbocycles. The standard InChI is InChI=1S/C15H19BO3/c1-14(2)15(3,4)19-16(18-14)13(11-17)10-12-8-6-5-7-9-12/h5-11H,1-4H3/b13-10+. The van der Waals surface area contributed by atoms with Gasteiger partial charge in [0.2, 0.25) is 0 Å². The molecule has 0 aromatic heterocycles. The van der Waals surface area contributed by atoms with Crippen LogP contribution in [0.5, 0.6) is 0 Å². The van der Waals surface area contributed by atoms with Crippen molar-refractivity contribution in [1.29, 1.82) is 0 Å². The Morgan fingerprint density at radius 1 is 1.05 bits per heavy atom. The largest absolute Gasteiger partial charge is 0.498 e. The summed E-state index contributed by atoms with van der Waals surface area (Å²) >= 11 is 0. The number of benzene rings is 1. The molecule has 1 aliphatic rings. The fourth-order valence-corrected chi connectivity index (χ4v) is 1.88. The Balaban J connectivity index is 2.26. The van der Waals surface area contributed by atoms with Crippen LogP contribution in [-0.2, 0) is 14.1 Å². The minimum atomic E-state index is -0.609. The average molecular weight is 258 g/mol. The van der Waals surface area contributed by atoms with Gasteiger partial charge < -0.3 is 9.31 Å². The van der Waals surface area contributed by atoms with Crippen LogP contribution in [0.4, 0.5) is 0 Å². The molecule has 19 heavy (non-hydrogen) atoms. The van der Waals surface area contributed by atoms with Crippen molar-refractivity contribution in [1.82, 2.24) is 0 Å². The first-order chi connectivity index (χ1) is 8.86. The Kier molecular flexibility index (Phi) is 3.65. The van der Waals surface area contributed by atoms with Gasteiger partial charge in [0, 0.05) is 5.47 Å². The summed E-state index contributed by atoms with van der Waals surface area (Å²) < 4.78 is 11.7. The molecule has 100 valence electrons. The van der Waals surface area contributed by atoms with E-state index in [-0.39, 0.29) is 0 Å². The van der Waals surface area contributed by atoms with Crippen molar-refractivity contribution in [2.75, 3.05) is 0 Å². The topological polar surface area (TPSA) is 35.5 Å². The fourth-order valence-electron chi connectivity index (χ4n) is 1.88. The number of hydrogen-bond acceptors (Lipinski definition) is 3. The van der Waals surface area contributed by atoms with Gasteiger partial charge in [-0.05, 0) is 33.3 Å². The summed E-state index contributed by atoms with van der Waals surface area (Å²) in [6.45, 7) is 7.88. The van der Waals surface area contributed by atoms with Crippen molar-refractivity contribution in [2.24, 2.45) is 0 Å². The van der Waals surface area contributed by atoms with Crippen LogP contribution >= 0.6 is 0 Å². The second kappa shape index (κ2) is 4.95. The highest BCUT2D eigenvalue weighted by atomic mass is 16.7. The zero-order chi connectivity index (χ0) is 14.1. The molecule has 4 heteroatoms. The van der Waals surface area contributed by atoms with Crippen LogP contribution in [0.15, 0.2) is 35.8 Å². The maximum Gasteiger partial charge on any atom is 0.498 e. The number of hydrogen-bond donors (Lipinski definition) is 0. The third-order valence-corrected chi connectivity index (χ3v) is 3.79. The van der Waals surface area contributed by atoms with Crippen LogP contribution in [0.1, 0.15) is 33.3 Å². The van der Waals surface area contributed by atoms with Crippen molar-refractivity contribution >= 4 is 19.5 Å². The molecular formula is C15H19BO3. The second-order valence-corrected chi connectivity index (χ2v) is 5.76. The number of carbonyl (C=O) groups excluding carboxylic acids is 1. The lowest BCUT2D eigenvalue weighted by Gasteiger charge is -2.32. The van der Waals surface area contributed by atoms with Crippen molar-refractivity contribution in [3.63, 3.8) is 0 Å². The van der Waals surface area contributed by atoms with Gasteiger partial charge in [0.15, 0.2) is 0 Å². The van der Waals surface area contributed by atoms with E-state index in [9.17, 15) is 4.79 Å². The molecule has 1 aliphatic heterocycles. The highest BCUT2D eigenvalue weighted by Crippen LogP contribution is 2.38. The van der Waals surface area contributed by atoms with Gasteiger partial charge >= 0.3 is 7.12 Å². The molecule has 0 unspecified atom stereocenters. The lowest BCUT2D eigenvalue weighted by Crippen LogP contribution is -2.41. The lowest BCUT2D eigenvalue weighted by atomic mass is 9.78. The van der Waals surface area contributed by atoms with E-state index >= 15 is 0 Å². The molecule has 1 aromatic carbocycles. The van der Waals surface area contributed by atoms with Gasteiger partial charge in [-0.1, -0.05) is 36.4 Å². The van der Waals surface area contributed by atoms with Gasteiger partial charge in [0.25, 0.3) is 0 Å². The summed E-state index contributed by atoms with van der Waals surface area (Å²) in [6.07, 6.45) is 2.60. The monoisotopic (exact) mass is 258 g/mol. The molecule has 1 aromatic rings. The maximum absolute atomic E-state index is 11.3. The molecule has 0 N–H and O–H groups in total. The van der Waals surface area contributed by atoms with E-state index in [4.69, 9.17) is 9.31 Å². The Labute approximate surface area is 114 Å². The zero-order valence-corrected chi connectivity index (χ0v) is 11.8. The highest BCUT2D eigenvalue weighted by Gasteiger charge is 2.52. The maximum atomic E-state index is 11.3. The predicted molar refractivity (Wildman–Crippen MR) is 76.6 cm³/mol. The number of carbonyl (C=O) groups is 1. The van der Waals surface area contributed by atoms with Crippen molar-refractivity contribution in [3.8, 4) is 0 Å². The summed E-state index contributed by atoms with van der Waals surface area (Å²) in [6, 6.07) is 9.67. The van der Waals surface area contributed by atoms with E-state index in [0.717, 1.165) is 11.8 Å². The molecule has 0 amide bonds. The number of aldehydes is 1. The minimum Gasteiger partial charge on any atom is -0.399 e. The van der Waals surface area contributed by atoms with Gasteiger partial charge in [-0.3, -0.25) is 4.79 Å². The third kappa shape index (κ3) is 2.80. The smallest absolute Gasteiger partial charge is 0.399 e. The van der Waals surface area contributed by atoms with E-state index in [2.05, 4.69) is 0 Å². The zero-order valence-electron chi connectivity index (χ0n) is 11.8. The first-order valence-electron chi connectivity index (χ1n) is 6.43. The van der Waals surface area contributed by atoms with Gasteiger partial charge in [-0.25, -0.2) is 0 Å². The molecule has 3 nitrogen and oxygen atoms in total. The average Bonchev–Trinajstić information content (AvgIpc) is 2.56. The second-order valence-electron chi connectivity index (χ2n) is 5.76. The van der Waals surface area contributed by atoms with Crippen molar-refractivity contribution < 1.29 is 14.1 Å². The van der Waals surface area contributed by atoms with E-state index in [1.165, 1.54) is 0 Å². The Bertz CT molecular complexity index is 475. The quantitative estimate of drug-likeness (QED) is 0.475. The van der Waals surface area contributed by atoms with E-state index in [0.29, 0.717) is 5.47 Å².